The largest absolute Gasteiger partial charge is 0.332 e. The number of fused-ring (bicyclic) bond motifs is 2. The van der Waals surface area contributed by atoms with E-state index in [9.17, 15) is 9.59 Å². The summed E-state index contributed by atoms with van der Waals surface area (Å²) in [6.07, 6.45) is 3.83. The molecular weight excluding hydrogens is 438 g/mol. The standard InChI is InChI=1S/C26H22F2N4O2/c1-30-16-19-22(29-30)9-6-12-26(19)15-23(33)32(25(34)31(26)2)24-20(27)13-18(14-21(24)28)11-10-17-7-4-3-5-8-17/h3-5,7-8,13-14,16H,6,9,12,15H2,1-2H3/t26-/m0/s1. The lowest BCUT2D eigenvalue weighted by Crippen LogP contribution is -2.62. The van der Waals surface area contributed by atoms with Gasteiger partial charge in [-0.1, -0.05) is 30.0 Å². The first-order valence-electron chi connectivity index (χ1n) is 11.0. The van der Waals surface area contributed by atoms with Crippen LogP contribution in [0.15, 0.2) is 48.7 Å². The fourth-order valence-corrected chi connectivity index (χ4v) is 4.95. The molecule has 1 atom stereocenters. The van der Waals surface area contributed by atoms with Gasteiger partial charge in [-0.3, -0.25) is 9.48 Å². The predicted octanol–water partition coefficient (Wildman–Crippen LogP) is 4.12. The van der Waals surface area contributed by atoms with E-state index < -0.39 is 34.8 Å². The van der Waals surface area contributed by atoms with E-state index in [2.05, 4.69) is 16.9 Å². The molecular formula is C26H22F2N4O2. The van der Waals surface area contributed by atoms with Gasteiger partial charge in [0, 0.05) is 37.0 Å². The summed E-state index contributed by atoms with van der Waals surface area (Å²) < 4.78 is 31.8. The van der Waals surface area contributed by atoms with Gasteiger partial charge in [0.05, 0.1) is 17.7 Å². The first kappa shape index (κ1) is 21.8. The van der Waals surface area contributed by atoms with Gasteiger partial charge in [-0.15, -0.1) is 0 Å². The number of aromatic nitrogens is 2. The molecule has 1 aromatic heterocycles. The van der Waals surface area contributed by atoms with Crippen LogP contribution in [0.3, 0.4) is 0 Å². The highest BCUT2D eigenvalue weighted by Crippen LogP contribution is 2.46. The second-order valence-corrected chi connectivity index (χ2v) is 8.70. The molecule has 2 heterocycles. The van der Waals surface area contributed by atoms with Gasteiger partial charge in [0.25, 0.3) is 0 Å². The third-order valence-corrected chi connectivity index (χ3v) is 6.59. The maximum atomic E-state index is 15.1. The van der Waals surface area contributed by atoms with Crippen LogP contribution in [0.25, 0.3) is 0 Å². The van der Waals surface area contributed by atoms with E-state index in [1.807, 2.05) is 24.4 Å². The molecule has 0 bridgehead atoms. The van der Waals surface area contributed by atoms with Gasteiger partial charge < -0.3 is 4.90 Å². The number of rotatable bonds is 1. The molecule has 1 fully saturated rings. The van der Waals surface area contributed by atoms with Crippen LogP contribution in [0, 0.1) is 23.5 Å². The first-order valence-corrected chi connectivity index (χ1v) is 11.0. The van der Waals surface area contributed by atoms with Gasteiger partial charge in [0.1, 0.15) is 5.69 Å². The minimum Gasteiger partial charge on any atom is -0.317 e. The number of halogens is 2. The summed E-state index contributed by atoms with van der Waals surface area (Å²) in [5, 5.41) is 4.46. The van der Waals surface area contributed by atoms with Gasteiger partial charge >= 0.3 is 6.03 Å². The number of urea groups is 1. The molecule has 3 amide bonds. The molecule has 1 saturated heterocycles. The number of nitrogens with zero attached hydrogens (tertiary/aromatic N) is 4. The lowest BCUT2D eigenvalue weighted by Gasteiger charge is -2.49. The molecule has 1 spiro atoms. The zero-order valence-corrected chi connectivity index (χ0v) is 18.8. The van der Waals surface area contributed by atoms with Crippen LogP contribution in [0.4, 0.5) is 19.3 Å². The Balaban J connectivity index is 1.50. The Morgan fingerprint density at radius 1 is 1.00 bits per heavy atom. The second kappa shape index (κ2) is 8.10. The molecule has 0 saturated carbocycles. The van der Waals surface area contributed by atoms with Crippen molar-refractivity contribution < 1.29 is 18.4 Å². The lowest BCUT2D eigenvalue weighted by atomic mass is 9.75. The fourth-order valence-electron chi connectivity index (χ4n) is 4.95. The number of carbonyl (C=O) groups is 2. The molecule has 0 radical (unpaired) electrons. The molecule has 2 aromatic carbocycles. The first-order chi connectivity index (χ1) is 16.3. The molecule has 1 aliphatic carbocycles. The van der Waals surface area contributed by atoms with Crippen molar-refractivity contribution in [1.29, 1.82) is 0 Å². The molecule has 3 aromatic rings. The number of amides is 3. The summed E-state index contributed by atoms with van der Waals surface area (Å²) >= 11 is 0. The van der Waals surface area contributed by atoms with Crippen molar-refractivity contribution in [2.24, 2.45) is 7.05 Å². The summed E-state index contributed by atoms with van der Waals surface area (Å²) in [4.78, 5) is 28.6. The Hall–Kier alpha value is -3.99. The average Bonchev–Trinajstić information content (AvgIpc) is 3.20. The zero-order valence-electron chi connectivity index (χ0n) is 18.8. The van der Waals surface area contributed by atoms with Crippen LogP contribution >= 0.6 is 0 Å². The minimum absolute atomic E-state index is 0.0810. The number of carbonyl (C=O) groups excluding carboxylic acids is 2. The molecule has 34 heavy (non-hydrogen) atoms. The number of aryl methyl sites for hydroxylation is 2. The fraction of sp³-hybridized carbons (Fsp3) is 0.269. The summed E-state index contributed by atoms with van der Waals surface area (Å²) in [7, 11) is 3.36. The molecule has 0 N–H and O–H groups in total. The molecule has 172 valence electrons. The van der Waals surface area contributed by atoms with Crippen molar-refractivity contribution in [2.75, 3.05) is 11.9 Å². The third kappa shape index (κ3) is 3.45. The Morgan fingerprint density at radius 3 is 2.38 bits per heavy atom. The Labute approximate surface area is 195 Å². The van der Waals surface area contributed by atoms with Crippen molar-refractivity contribution in [3.05, 3.63) is 82.7 Å². The molecule has 8 heteroatoms. The molecule has 1 aliphatic heterocycles. The van der Waals surface area contributed by atoms with Gasteiger partial charge in [0.15, 0.2) is 11.6 Å². The van der Waals surface area contributed by atoms with Crippen LogP contribution in [0.2, 0.25) is 0 Å². The SMILES string of the molecule is CN1C(=O)N(c2c(F)cc(C#Cc3ccccc3)cc2F)C(=O)C[C@]12CCCc1nn(C)cc12. The number of anilines is 1. The summed E-state index contributed by atoms with van der Waals surface area (Å²) in [5.41, 5.74) is 0.912. The Kier molecular flexibility index (Phi) is 5.20. The smallest absolute Gasteiger partial charge is 0.317 e. The van der Waals surface area contributed by atoms with E-state index in [1.54, 1.807) is 30.9 Å². The monoisotopic (exact) mass is 460 g/mol. The predicted molar refractivity (Wildman–Crippen MR) is 122 cm³/mol. The maximum Gasteiger partial charge on any atom is 0.332 e. The molecule has 0 unspecified atom stereocenters. The lowest BCUT2D eigenvalue weighted by molar-refractivity contribution is -0.122. The highest BCUT2D eigenvalue weighted by atomic mass is 19.1. The number of hydrogen-bond donors (Lipinski definition) is 0. The van der Waals surface area contributed by atoms with Crippen LogP contribution < -0.4 is 4.90 Å². The van der Waals surface area contributed by atoms with Gasteiger partial charge in [-0.2, -0.15) is 5.10 Å². The van der Waals surface area contributed by atoms with Crippen LogP contribution in [0.5, 0.6) is 0 Å². The van der Waals surface area contributed by atoms with E-state index in [1.165, 1.54) is 4.90 Å². The Bertz CT molecular complexity index is 1350. The van der Waals surface area contributed by atoms with Crippen molar-refractivity contribution in [3.8, 4) is 11.8 Å². The zero-order chi connectivity index (χ0) is 24.0. The third-order valence-electron chi connectivity index (χ3n) is 6.59. The second-order valence-electron chi connectivity index (χ2n) is 8.70. The van der Waals surface area contributed by atoms with Crippen LogP contribution in [-0.4, -0.2) is 33.7 Å². The van der Waals surface area contributed by atoms with E-state index in [-0.39, 0.29) is 12.0 Å². The normalized spacial score (nSPS) is 19.8. The van der Waals surface area contributed by atoms with E-state index in [4.69, 9.17) is 0 Å². The van der Waals surface area contributed by atoms with Crippen molar-refractivity contribution in [1.82, 2.24) is 14.7 Å². The van der Waals surface area contributed by atoms with Gasteiger partial charge in [-0.05, 0) is 43.5 Å². The molecule has 2 aliphatic rings. The maximum absolute atomic E-state index is 15.1. The summed E-state index contributed by atoms with van der Waals surface area (Å²) in [6.45, 7) is 0. The number of benzene rings is 2. The van der Waals surface area contributed by atoms with Crippen molar-refractivity contribution >= 4 is 17.6 Å². The Morgan fingerprint density at radius 2 is 1.68 bits per heavy atom. The average molecular weight is 460 g/mol. The van der Waals surface area contributed by atoms with E-state index in [0.29, 0.717) is 16.9 Å². The van der Waals surface area contributed by atoms with Crippen molar-refractivity contribution in [3.63, 3.8) is 0 Å². The topological polar surface area (TPSA) is 58.4 Å². The quantitative estimate of drug-likeness (QED) is 0.514. The van der Waals surface area contributed by atoms with Crippen LogP contribution in [-0.2, 0) is 23.8 Å². The molecule has 5 rings (SSSR count). The van der Waals surface area contributed by atoms with E-state index in [0.717, 1.165) is 36.2 Å². The highest BCUT2D eigenvalue weighted by Gasteiger charge is 2.52. The number of hydrogen-bond acceptors (Lipinski definition) is 3. The molecule has 6 nitrogen and oxygen atoms in total. The van der Waals surface area contributed by atoms with Gasteiger partial charge in [0.2, 0.25) is 5.91 Å². The summed E-state index contributed by atoms with van der Waals surface area (Å²) in [6, 6.07) is 10.3. The van der Waals surface area contributed by atoms with E-state index >= 15 is 8.78 Å². The summed E-state index contributed by atoms with van der Waals surface area (Å²) in [5.74, 6) is 2.88. The minimum atomic E-state index is -1.02. The van der Waals surface area contributed by atoms with Crippen LogP contribution in [0.1, 0.15) is 41.6 Å². The number of imide groups is 1. The van der Waals surface area contributed by atoms with Gasteiger partial charge in [-0.25, -0.2) is 18.5 Å². The highest BCUT2D eigenvalue weighted by molar-refractivity contribution is 6.16. The van der Waals surface area contributed by atoms with Crippen molar-refractivity contribution in [2.45, 2.75) is 31.2 Å².